The van der Waals surface area contributed by atoms with Crippen LogP contribution < -0.4 is 0 Å². The Bertz CT molecular complexity index is 1110. The summed E-state index contributed by atoms with van der Waals surface area (Å²) in [7, 11) is 0. The van der Waals surface area contributed by atoms with Crippen molar-refractivity contribution in [1.29, 1.82) is 0 Å². The number of hydrogen-bond acceptors (Lipinski definition) is 4. The van der Waals surface area contributed by atoms with Crippen LogP contribution in [0, 0.1) is 6.92 Å². The number of benzene rings is 3. The van der Waals surface area contributed by atoms with E-state index in [1.807, 2.05) is 36.4 Å². The van der Waals surface area contributed by atoms with Crippen molar-refractivity contribution in [2.45, 2.75) is 19.8 Å². The van der Waals surface area contributed by atoms with Crippen LogP contribution in [-0.4, -0.2) is 72.3 Å². The van der Waals surface area contributed by atoms with E-state index < -0.39 is 0 Å². The number of rotatable bonds is 7. The third-order valence-corrected chi connectivity index (χ3v) is 7.02. The Balaban J connectivity index is 1.11. The fourth-order valence-corrected chi connectivity index (χ4v) is 5.02. The van der Waals surface area contributed by atoms with Crippen molar-refractivity contribution >= 4 is 22.6 Å². The molecule has 2 heterocycles. The van der Waals surface area contributed by atoms with Crippen molar-refractivity contribution in [3.8, 4) is 0 Å². The predicted molar refractivity (Wildman–Crippen MR) is 132 cm³/mol. The van der Waals surface area contributed by atoms with Crippen molar-refractivity contribution in [2.75, 3.05) is 45.8 Å². The average Bonchev–Trinajstić information content (AvgIpc) is 2.84. The minimum Gasteiger partial charge on any atom is -0.301 e. The molecule has 5 heteroatoms. The summed E-state index contributed by atoms with van der Waals surface area (Å²) in [5, 5.41) is 1.75. The first kappa shape index (κ1) is 21.8. The Labute approximate surface area is 195 Å². The molecule has 3 aromatic carbocycles. The number of amides is 2. The average molecular weight is 442 g/mol. The van der Waals surface area contributed by atoms with Crippen LogP contribution in [0.5, 0.6) is 0 Å². The Kier molecular flexibility index (Phi) is 6.25. The van der Waals surface area contributed by atoms with E-state index in [4.69, 9.17) is 0 Å². The molecule has 2 aliphatic rings. The molecule has 0 radical (unpaired) electrons. The summed E-state index contributed by atoms with van der Waals surface area (Å²) in [5.74, 6) is -0.335. The van der Waals surface area contributed by atoms with Crippen LogP contribution >= 0.6 is 0 Å². The number of imide groups is 1. The van der Waals surface area contributed by atoms with E-state index in [1.165, 1.54) is 22.4 Å². The lowest BCUT2D eigenvalue weighted by atomic mass is 9.94. The molecule has 0 spiro atoms. The van der Waals surface area contributed by atoms with Crippen molar-refractivity contribution in [3.05, 3.63) is 82.9 Å². The summed E-state index contributed by atoms with van der Waals surface area (Å²) in [5.41, 5.74) is 4.00. The van der Waals surface area contributed by atoms with E-state index >= 15 is 0 Å². The molecule has 5 rings (SSSR count). The molecule has 0 saturated carbocycles. The maximum Gasteiger partial charge on any atom is 0.261 e. The van der Waals surface area contributed by atoms with Crippen molar-refractivity contribution in [1.82, 2.24) is 14.7 Å². The quantitative estimate of drug-likeness (QED) is 0.520. The highest BCUT2D eigenvalue weighted by Crippen LogP contribution is 2.29. The molecule has 0 bridgehead atoms. The van der Waals surface area contributed by atoms with Crippen molar-refractivity contribution in [2.24, 2.45) is 0 Å². The number of aryl methyl sites for hydroxylation is 2. The molecule has 2 aliphatic heterocycles. The van der Waals surface area contributed by atoms with Gasteiger partial charge in [0.2, 0.25) is 0 Å². The van der Waals surface area contributed by atoms with E-state index in [0.29, 0.717) is 17.7 Å². The van der Waals surface area contributed by atoms with Gasteiger partial charge in [-0.3, -0.25) is 19.4 Å². The number of carbonyl (C=O) groups is 2. The molecule has 2 amide bonds. The highest BCUT2D eigenvalue weighted by Gasteiger charge is 2.32. The van der Waals surface area contributed by atoms with Gasteiger partial charge in [0.15, 0.2) is 0 Å². The third kappa shape index (κ3) is 4.56. The van der Waals surface area contributed by atoms with Crippen molar-refractivity contribution < 1.29 is 9.59 Å². The highest BCUT2D eigenvalue weighted by molar-refractivity contribution is 6.25. The molecule has 5 nitrogen and oxygen atoms in total. The topological polar surface area (TPSA) is 43.9 Å². The van der Waals surface area contributed by atoms with Crippen LogP contribution in [0.1, 0.15) is 38.3 Å². The monoisotopic (exact) mass is 441 g/mol. The van der Waals surface area contributed by atoms with Gasteiger partial charge in [0.05, 0.1) is 0 Å². The third-order valence-electron chi connectivity index (χ3n) is 7.02. The van der Waals surface area contributed by atoms with Gasteiger partial charge in [-0.15, -0.1) is 0 Å². The molecule has 0 aliphatic carbocycles. The van der Waals surface area contributed by atoms with Crippen LogP contribution in [0.3, 0.4) is 0 Å². The lowest BCUT2D eigenvalue weighted by Gasteiger charge is -2.36. The second-order valence-electron chi connectivity index (χ2n) is 9.24. The van der Waals surface area contributed by atoms with Gasteiger partial charge in [-0.25, -0.2) is 0 Å². The molecule has 1 saturated heterocycles. The number of piperazine rings is 1. The van der Waals surface area contributed by atoms with Gasteiger partial charge >= 0.3 is 0 Å². The molecular weight excluding hydrogens is 410 g/mol. The van der Waals surface area contributed by atoms with Crippen LogP contribution in [0.4, 0.5) is 0 Å². The molecule has 0 N–H and O–H groups in total. The normalized spacial score (nSPS) is 17.2. The smallest absolute Gasteiger partial charge is 0.261 e. The molecule has 3 aromatic rings. The van der Waals surface area contributed by atoms with Crippen LogP contribution in [-0.2, 0) is 6.42 Å². The number of nitrogens with zero attached hydrogens (tertiary/aromatic N) is 3. The molecule has 0 atom stereocenters. The molecule has 0 unspecified atom stereocenters. The Morgan fingerprint density at radius 1 is 0.697 bits per heavy atom. The van der Waals surface area contributed by atoms with Gasteiger partial charge in [0.1, 0.15) is 0 Å². The maximum atomic E-state index is 13.1. The summed E-state index contributed by atoms with van der Waals surface area (Å²) in [6.45, 7) is 8.45. The number of hydrogen-bond donors (Lipinski definition) is 0. The SMILES string of the molecule is Cc1ccc(CCCN2CCN(CCN3C(=O)c4cccc5cccc(c45)C3=O)CC2)cc1. The first-order chi connectivity index (χ1) is 16.1. The zero-order valence-corrected chi connectivity index (χ0v) is 19.3. The van der Waals surface area contributed by atoms with E-state index in [0.717, 1.165) is 56.5 Å². The standard InChI is InChI=1S/C28H31N3O2/c1-21-10-12-22(13-11-21)5-4-14-29-15-17-30(18-16-29)19-20-31-27(32)24-8-2-6-23-7-3-9-25(26(23)24)28(31)33/h2-3,6-13H,4-5,14-20H2,1H3. The van der Waals surface area contributed by atoms with E-state index in [-0.39, 0.29) is 11.8 Å². The summed E-state index contributed by atoms with van der Waals surface area (Å²) in [6, 6.07) is 20.2. The minimum absolute atomic E-state index is 0.168. The maximum absolute atomic E-state index is 13.1. The van der Waals surface area contributed by atoms with Gasteiger partial charge in [-0.05, 0) is 49.4 Å². The van der Waals surface area contributed by atoms with Crippen LogP contribution in [0.25, 0.3) is 10.8 Å². The van der Waals surface area contributed by atoms with Gasteiger partial charge in [-0.1, -0.05) is 54.1 Å². The molecule has 170 valence electrons. The second-order valence-corrected chi connectivity index (χ2v) is 9.24. The minimum atomic E-state index is -0.168. The van der Waals surface area contributed by atoms with E-state index in [1.54, 1.807) is 0 Å². The molecule has 0 aromatic heterocycles. The predicted octanol–water partition coefficient (Wildman–Crippen LogP) is 3.99. The van der Waals surface area contributed by atoms with Gasteiger partial charge in [0.25, 0.3) is 11.8 Å². The zero-order chi connectivity index (χ0) is 22.8. The molecule has 1 fully saturated rings. The summed E-state index contributed by atoms with van der Waals surface area (Å²) < 4.78 is 0. The van der Waals surface area contributed by atoms with Crippen molar-refractivity contribution in [3.63, 3.8) is 0 Å². The fraction of sp³-hybridized carbons (Fsp3) is 0.357. The highest BCUT2D eigenvalue weighted by atomic mass is 16.2. The zero-order valence-electron chi connectivity index (χ0n) is 19.3. The summed E-state index contributed by atoms with van der Waals surface area (Å²) in [6.07, 6.45) is 2.29. The van der Waals surface area contributed by atoms with Gasteiger partial charge in [-0.2, -0.15) is 0 Å². The first-order valence-corrected chi connectivity index (χ1v) is 12.0. The largest absolute Gasteiger partial charge is 0.301 e. The lowest BCUT2D eigenvalue weighted by molar-refractivity contribution is 0.0572. The number of carbonyl (C=O) groups excluding carboxylic acids is 2. The second kappa shape index (κ2) is 9.46. The van der Waals surface area contributed by atoms with E-state index in [2.05, 4.69) is 41.0 Å². The summed E-state index contributed by atoms with van der Waals surface area (Å²) in [4.78, 5) is 32.5. The van der Waals surface area contributed by atoms with Crippen LogP contribution in [0.2, 0.25) is 0 Å². The fourth-order valence-electron chi connectivity index (χ4n) is 5.02. The first-order valence-electron chi connectivity index (χ1n) is 12.0. The Morgan fingerprint density at radius 3 is 1.88 bits per heavy atom. The van der Waals surface area contributed by atoms with E-state index in [9.17, 15) is 9.59 Å². The Hall–Kier alpha value is -3.02. The molecule has 33 heavy (non-hydrogen) atoms. The van der Waals surface area contributed by atoms with Crippen LogP contribution in [0.15, 0.2) is 60.7 Å². The van der Waals surface area contributed by atoms with Gasteiger partial charge < -0.3 is 4.90 Å². The Morgan fingerprint density at radius 2 is 1.27 bits per heavy atom. The summed E-state index contributed by atoms with van der Waals surface area (Å²) >= 11 is 0. The molecular formula is C28H31N3O2. The lowest BCUT2D eigenvalue weighted by Crippen LogP contribution is -2.50. The van der Waals surface area contributed by atoms with Gasteiger partial charge in [0, 0.05) is 55.8 Å².